The minimum atomic E-state index is 0.701. The van der Waals surface area contributed by atoms with E-state index in [1.54, 1.807) is 0 Å². The van der Waals surface area contributed by atoms with Crippen LogP contribution in [0.25, 0.3) is 0 Å². The molecule has 2 bridgehead atoms. The molecule has 0 radical (unpaired) electrons. The lowest BCUT2D eigenvalue weighted by Gasteiger charge is -2.24. The predicted molar refractivity (Wildman–Crippen MR) is 57.7 cm³/mol. The highest BCUT2D eigenvalue weighted by molar-refractivity contribution is 4.91. The molecule has 2 aliphatic rings. The summed E-state index contributed by atoms with van der Waals surface area (Å²) in [6.45, 7) is 2.50. The first kappa shape index (κ1) is 9.30. The van der Waals surface area contributed by atoms with Crippen molar-refractivity contribution in [1.82, 2.24) is 0 Å². The molecule has 0 spiro atoms. The van der Waals surface area contributed by atoms with Gasteiger partial charge in [0.15, 0.2) is 0 Å². The average molecular weight is 178 g/mol. The summed E-state index contributed by atoms with van der Waals surface area (Å²) in [5.41, 5.74) is 0.701. The zero-order valence-corrected chi connectivity index (χ0v) is 8.89. The number of hydrogen-bond donors (Lipinski definition) is 0. The van der Waals surface area contributed by atoms with E-state index < -0.39 is 0 Å². The fourth-order valence-corrected chi connectivity index (χ4v) is 3.12. The van der Waals surface area contributed by atoms with Gasteiger partial charge in [0.2, 0.25) is 0 Å². The summed E-state index contributed by atoms with van der Waals surface area (Å²) in [6, 6.07) is 0. The molecule has 2 unspecified atom stereocenters. The quantitative estimate of drug-likeness (QED) is 0.485. The summed E-state index contributed by atoms with van der Waals surface area (Å²) in [6.07, 6.45) is 16.3. The van der Waals surface area contributed by atoms with Crippen molar-refractivity contribution in [3.63, 3.8) is 0 Å². The van der Waals surface area contributed by atoms with Crippen LogP contribution in [0.5, 0.6) is 0 Å². The Labute approximate surface area is 82.4 Å². The van der Waals surface area contributed by atoms with Gasteiger partial charge in [-0.25, -0.2) is 0 Å². The number of hydrogen-bond acceptors (Lipinski definition) is 0. The van der Waals surface area contributed by atoms with E-state index in [1.807, 2.05) is 0 Å². The highest BCUT2D eigenvalue weighted by Crippen LogP contribution is 2.46. The molecule has 13 heavy (non-hydrogen) atoms. The van der Waals surface area contributed by atoms with Gasteiger partial charge < -0.3 is 0 Å². The standard InChI is InChI=1S/C13H22/c1-13-9-6-4-2-3-5-7-12(11-13)8-10-13/h2,4,12H,3,5-11H2,1H3/b4-2-. The van der Waals surface area contributed by atoms with Crippen LogP contribution in [-0.4, -0.2) is 0 Å². The van der Waals surface area contributed by atoms with E-state index in [1.165, 1.54) is 51.4 Å². The molecule has 0 amide bonds. The Hall–Kier alpha value is -0.260. The first-order valence-corrected chi connectivity index (χ1v) is 5.94. The molecule has 2 atom stereocenters. The predicted octanol–water partition coefficient (Wildman–Crippen LogP) is 4.31. The van der Waals surface area contributed by atoms with Crippen LogP contribution in [0, 0.1) is 11.3 Å². The van der Waals surface area contributed by atoms with Crippen LogP contribution in [0.15, 0.2) is 12.2 Å². The van der Waals surface area contributed by atoms with Crippen LogP contribution in [-0.2, 0) is 0 Å². The molecule has 0 heterocycles. The van der Waals surface area contributed by atoms with Gasteiger partial charge >= 0.3 is 0 Å². The third kappa shape index (κ3) is 2.36. The van der Waals surface area contributed by atoms with Crippen LogP contribution in [0.4, 0.5) is 0 Å². The highest BCUT2D eigenvalue weighted by atomic mass is 14.4. The number of rotatable bonds is 0. The van der Waals surface area contributed by atoms with Gasteiger partial charge in [0.25, 0.3) is 0 Å². The molecule has 0 aromatic heterocycles. The van der Waals surface area contributed by atoms with E-state index in [0.717, 1.165) is 5.92 Å². The van der Waals surface area contributed by atoms with E-state index in [4.69, 9.17) is 0 Å². The maximum atomic E-state index is 2.50. The molecule has 2 rings (SSSR count). The van der Waals surface area contributed by atoms with Gasteiger partial charge in [-0.2, -0.15) is 0 Å². The number of allylic oxidation sites excluding steroid dienone is 2. The Balaban J connectivity index is 2.00. The molecular weight excluding hydrogens is 156 g/mol. The summed E-state index contributed by atoms with van der Waals surface area (Å²) in [7, 11) is 0. The molecule has 0 N–H and O–H groups in total. The third-order valence-corrected chi connectivity index (χ3v) is 4.00. The van der Waals surface area contributed by atoms with E-state index in [-0.39, 0.29) is 0 Å². The Morgan fingerprint density at radius 1 is 1.08 bits per heavy atom. The maximum absolute atomic E-state index is 2.50. The van der Waals surface area contributed by atoms with Crippen molar-refractivity contribution in [2.24, 2.45) is 11.3 Å². The summed E-state index contributed by atoms with van der Waals surface area (Å²) >= 11 is 0. The van der Waals surface area contributed by atoms with Crippen LogP contribution >= 0.6 is 0 Å². The monoisotopic (exact) mass is 178 g/mol. The summed E-state index contributed by atoms with van der Waals surface area (Å²) in [5, 5.41) is 0. The SMILES string of the molecule is CC12CC/C=C\CCCC(CC1)C2. The minimum absolute atomic E-state index is 0.701. The summed E-state index contributed by atoms with van der Waals surface area (Å²) in [4.78, 5) is 0. The maximum Gasteiger partial charge on any atom is -0.0320 e. The zero-order chi connectivity index (χ0) is 9.15. The topological polar surface area (TPSA) is 0 Å². The second kappa shape index (κ2) is 3.86. The fourth-order valence-electron chi connectivity index (χ4n) is 3.12. The minimum Gasteiger partial charge on any atom is -0.0885 e. The normalized spacial score (nSPS) is 43.0. The van der Waals surface area contributed by atoms with Gasteiger partial charge in [-0.05, 0) is 56.3 Å². The van der Waals surface area contributed by atoms with Gasteiger partial charge in [0, 0.05) is 0 Å². The van der Waals surface area contributed by atoms with Crippen molar-refractivity contribution in [2.75, 3.05) is 0 Å². The molecule has 2 aliphatic carbocycles. The molecule has 1 fully saturated rings. The smallest absolute Gasteiger partial charge is 0.0320 e. The van der Waals surface area contributed by atoms with Crippen molar-refractivity contribution < 1.29 is 0 Å². The van der Waals surface area contributed by atoms with E-state index in [2.05, 4.69) is 19.1 Å². The summed E-state index contributed by atoms with van der Waals surface area (Å²) in [5.74, 6) is 1.07. The number of fused-ring (bicyclic) bond motifs is 2. The molecule has 0 nitrogen and oxygen atoms in total. The third-order valence-electron chi connectivity index (χ3n) is 4.00. The van der Waals surface area contributed by atoms with Crippen molar-refractivity contribution in [2.45, 2.75) is 58.3 Å². The molecule has 0 aromatic carbocycles. The molecule has 0 aromatic rings. The molecule has 1 saturated carbocycles. The van der Waals surface area contributed by atoms with Gasteiger partial charge in [-0.3, -0.25) is 0 Å². The van der Waals surface area contributed by atoms with Crippen molar-refractivity contribution in [3.8, 4) is 0 Å². The largest absolute Gasteiger partial charge is 0.0885 e. The molecular formula is C13H22. The van der Waals surface area contributed by atoms with Crippen molar-refractivity contribution >= 4 is 0 Å². The van der Waals surface area contributed by atoms with Gasteiger partial charge in [-0.15, -0.1) is 0 Å². The highest BCUT2D eigenvalue weighted by Gasteiger charge is 2.33. The Morgan fingerprint density at radius 2 is 1.92 bits per heavy atom. The molecule has 74 valence electrons. The van der Waals surface area contributed by atoms with Gasteiger partial charge in [0.1, 0.15) is 0 Å². The van der Waals surface area contributed by atoms with E-state index >= 15 is 0 Å². The average Bonchev–Trinajstić information content (AvgIpc) is 2.46. The van der Waals surface area contributed by atoms with Crippen LogP contribution in [0.2, 0.25) is 0 Å². The van der Waals surface area contributed by atoms with Gasteiger partial charge in [0.05, 0.1) is 0 Å². The van der Waals surface area contributed by atoms with E-state index in [0.29, 0.717) is 5.41 Å². The van der Waals surface area contributed by atoms with Crippen LogP contribution in [0.3, 0.4) is 0 Å². The first-order valence-electron chi connectivity index (χ1n) is 5.94. The summed E-state index contributed by atoms with van der Waals surface area (Å²) < 4.78 is 0. The lowest BCUT2D eigenvalue weighted by Crippen LogP contribution is -2.11. The van der Waals surface area contributed by atoms with Crippen LogP contribution < -0.4 is 0 Å². The van der Waals surface area contributed by atoms with Crippen molar-refractivity contribution in [1.29, 1.82) is 0 Å². The lowest BCUT2D eigenvalue weighted by atomic mass is 9.82. The Kier molecular flexibility index (Phi) is 2.76. The van der Waals surface area contributed by atoms with E-state index in [9.17, 15) is 0 Å². The Bertz CT molecular complexity index is 192. The molecule has 0 saturated heterocycles. The molecule has 0 aliphatic heterocycles. The van der Waals surface area contributed by atoms with Gasteiger partial charge in [-0.1, -0.05) is 25.5 Å². The zero-order valence-electron chi connectivity index (χ0n) is 8.89. The fraction of sp³-hybridized carbons (Fsp3) is 0.846. The first-order chi connectivity index (χ1) is 6.29. The molecule has 0 heteroatoms. The van der Waals surface area contributed by atoms with Crippen molar-refractivity contribution in [3.05, 3.63) is 12.2 Å². The second-order valence-electron chi connectivity index (χ2n) is 5.36. The lowest BCUT2D eigenvalue weighted by molar-refractivity contribution is 0.291. The second-order valence-corrected chi connectivity index (χ2v) is 5.36. The Morgan fingerprint density at radius 3 is 2.85 bits per heavy atom. The van der Waals surface area contributed by atoms with Crippen LogP contribution in [0.1, 0.15) is 58.3 Å².